The number of carbonyl (C=O) groups excluding carboxylic acids is 1. The summed E-state index contributed by atoms with van der Waals surface area (Å²) in [5.74, 6) is 0.307. The third-order valence-electron chi connectivity index (χ3n) is 2.30. The van der Waals surface area contributed by atoms with Gasteiger partial charge in [-0.3, -0.25) is 4.79 Å². The van der Waals surface area contributed by atoms with E-state index in [4.69, 9.17) is 4.18 Å². The van der Waals surface area contributed by atoms with Gasteiger partial charge in [0.1, 0.15) is 5.82 Å². The Morgan fingerprint density at radius 1 is 1.39 bits per heavy atom. The van der Waals surface area contributed by atoms with Crippen molar-refractivity contribution in [3.8, 4) is 0 Å². The van der Waals surface area contributed by atoms with Crippen molar-refractivity contribution in [2.75, 3.05) is 18.8 Å². The predicted octanol–water partition coefficient (Wildman–Crippen LogP) is 2.56. The molecule has 0 bridgehead atoms. The van der Waals surface area contributed by atoms with Crippen LogP contribution < -0.4 is 5.32 Å². The Kier molecular flexibility index (Phi) is 7.44. The average Bonchev–Trinajstić information content (AvgIpc) is 2.34. The van der Waals surface area contributed by atoms with Gasteiger partial charge in [-0.2, -0.15) is 0 Å². The van der Waals surface area contributed by atoms with Crippen LogP contribution in [0.2, 0.25) is 0 Å². The molecule has 3 nitrogen and oxygen atoms in total. The van der Waals surface area contributed by atoms with Gasteiger partial charge >= 0.3 is 5.97 Å². The van der Waals surface area contributed by atoms with Crippen molar-refractivity contribution in [3.63, 3.8) is 0 Å². The highest BCUT2D eigenvalue weighted by Crippen LogP contribution is 2.08. The van der Waals surface area contributed by atoms with Gasteiger partial charge in [0.25, 0.3) is 0 Å². The van der Waals surface area contributed by atoms with Crippen molar-refractivity contribution in [2.24, 2.45) is 0 Å². The second kappa shape index (κ2) is 8.94. The molecule has 18 heavy (non-hydrogen) atoms. The molecule has 0 aliphatic carbocycles. The van der Waals surface area contributed by atoms with Crippen molar-refractivity contribution >= 4 is 18.0 Å². The van der Waals surface area contributed by atoms with Crippen LogP contribution in [-0.4, -0.2) is 24.8 Å². The highest BCUT2D eigenvalue weighted by atomic mass is 32.2. The van der Waals surface area contributed by atoms with E-state index in [2.05, 4.69) is 5.32 Å². The van der Waals surface area contributed by atoms with Gasteiger partial charge in [0.2, 0.25) is 0 Å². The first-order valence-electron chi connectivity index (χ1n) is 5.94. The molecule has 0 aromatic heterocycles. The minimum atomic E-state index is -0.278. The molecule has 1 aromatic rings. The lowest BCUT2D eigenvalue weighted by molar-refractivity contribution is -0.130. The molecule has 0 saturated carbocycles. The lowest BCUT2D eigenvalue weighted by atomic mass is 10.1. The SMILES string of the molecule is CC(=O)OSCCNCCCc1ccccc1F. The van der Waals surface area contributed by atoms with Crippen molar-refractivity contribution in [1.82, 2.24) is 5.32 Å². The monoisotopic (exact) mass is 271 g/mol. The van der Waals surface area contributed by atoms with Crippen LogP contribution in [0.15, 0.2) is 24.3 Å². The lowest BCUT2D eigenvalue weighted by Crippen LogP contribution is -2.19. The van der Waals surface area contributed by atoms with Gasteiger partial charge in [0.05, 0.1) is 12.0 Å². The molecule has 0 aliphatic rings. The third-order valence-corrected chi connectivity index (χ3v) is 3.02. The fourth-order valence-corrected chi connectivity index (χ4v) is 1.95. The summed E-state index contributed by atoms with van der Waals surface area (Å²) >= 11 is 1.15. The summed E-state index contributed by atoms with van der Waals surface area (Å²) in [7, 11) is 0. The van der Waals surface area contributed by atoms with Gasteiger partial charge < -0.3 is 9.50 Å². The Labute approximate surface area is 111 Å². The molecule has 5 heteroatoms. The largest absolute Gasteiger partial charge is 0.392 e. The Morgan fingerprint density at radius 2 is 2.17 bits per heavy atom. The quantitative estimate of drug-likeness (QED) is 0.582. The van der Waals surface area contributed by atoms with E-state index >= 15 is 0 Å². The van der Waals surface area contributed by atoms with Crippen LogP contribution >= 0.6 is 12.0 Å². The second-order valence-corrected chi connectivity index (χ2v) is 4.65. The highest BCUT2D eigenvalue weighted by molar-refractivity contribution is 7.95. The van der Waals surface area contributed by atoms with E-state index < -0.39 is 0 Å². The fourth-order valence-electron chi connectivity index (χ4n) is 1.47. The fraction of sp³-hybridized carbons (Fsp3) is 0.462. The van der Waals surface area contributed by atoms with Gasteiger partial charge in [-0.15, -0.1) is 0 Å². The molecule has 100 valence electrons. The first-order valence-corrected chi connectivity index (χ1v) is 6.85. The van der Waals surface area contributed by atoms with E-state index in [1.165, 1.54) is 13.0 Å². The molecule has 0 fully saturated rings. The van der Waals surface area contributed by atoms with E-state index in [9.17, 15) is 9.18 Å². The number of benzene rings is 1. The minimum Gasteiger partial charge on any atom is -0.392 e. The zero-order valence-electron chi connectivity index (χ0n) is 10.4. The maximum Gasteiger partial charge on any atom is 0.314 e. The number of carbonyl (C=O) groups is 1. The molecule has 1 rings (SSSR count). The molecule has 0 spiro atoms. The van der Waals surface area contributed by atoms with Crippen LogP contribution in [0, 0.1) is 5.82 Å². The number of hydrogen-bond donors (Lipinski definition) is 1. The summed E-state index contributed by atoms with van der Waals surface area (Å²) in [6.45, 7) is 2.99. The summed E-state index contributed by atoms with van der Waals surface area (Å²) < 4.78 is 18.0. The molecule has 0 amide bonds. The number of hydrogen-bond acceptors (Lipinski definition) is 4. The number of rotatable bonds is 8. The zero-order valence-corrected chi connectivity index (χ0v) is 11.3. The molecule has 0 radical (unpaired) electrons. The van der Waals surface area contributed by atoms with Gasteiger partial charge in [-0.1, -0.05) is 18.2 Å². The van der Waals surface area contributed by atoms with Crippen molar-refractivity contribution in [3.05, 3.63) is 35.6 Å². The number of aryl methyl sites for hydroxylation is 1. The summed E-state index contributed by atoms with van der Waals surface area (Å²) in [5.41, 5.74) is 0.758. The standard InChI is InChI=1S/C13H18FNO2S/c1-11(16)17-18-10-9-15-8-4-6-12-5-2-3-7-13(12)14/h2-3,5,7,15H,4,6,8-10H2,1H3. The molecule has 1 N–H and O–H groups in total. The second-order valence-electron chi connectivity index (χ2n) is 3.84. The Hall–Kier alpha value is -1.07. The van der Waals surface area contributed by atoms with E-state index in [-0.39, 0.29) is 11.8 Å². The summed E-state index contributed by atoms with van der Waals surface area (Å²) in [6, 6.07) is 6.84. The molecule has 0 saturated heterocycles. The molecule has 0 heterocycles. The van der Waals surface area contributed by atoms with Gasteiger partial charge in [-0.05, 0) is 31.0 Å². The van der Waals surface area contributed by atoms with Crippen molar-refractivity contribution in [1.29, 1.82) is 0 Å². The highest BCUT2D eigenvalue weighted by Gasteiger charge is 1.99. The third kappa shape index (κ3) is 6.61. The van der Waals surface area contributed by atoms with Gasteiger partial charge in [0, 0.05) is 19.2 Å². The normalized spacial score (nSPS) is 10.3. The lowest BCUT2D eigenvalue weighted by Gasteiger charge is -2.05. The Bertz CT molecular complexity index is 374. The zero-order chi connectivity index (χ0) is 13.2. The van der Waals surface area contributed by atoms with E-state index in [0.717, 1.165) is 49.3 Å². The first kappa shape index (κ1) is 15.0. The molecule has 0 aliphatic heterocycles. The van der Waals surface area contributed by atoms with Gasteiger partial charge in [0.15, 0.2) is 0 Å². The molecule has 0 atom stereocenters. The van der Waals surface area contributed by atoms with Crippen LogP contribution in [0.4, 0.5) is 4.39 Å². The van der Waals surface area contributed by atoms with Crippen LogP contribution in [0.25, 0.3) is 0 Å². The number of nitrogens with one attached hydrogen (secondary N) is 1. The van der Waals surface area contributed by atoms with Crippen LogP contribution in [-0.2, 0) is 15.4 Å². The molecular weight excluding hydrogens is 253 g/mol. The van der Waals surface area contributed by atoms with Gasteiger partial charge in [-0.25, -0.2) is 4.39 Å². The van der Waals surface area contributed by atoms with Crippen LogP contribution in [0.3, 0.4) is 0 Å². The van der Waals surface area contributed by atoms with E-state index in [0.29, 0.717) is 0 Å². The average molecular weight is 271 g/mol. The summed E-state index contributed by atoms with van der Waals surface area (Å²) in [5, 5.41) is 3.21. The van der Waals surface area contributed by atoms with Crippen molar-refractivity contribution < 1.29 is 13.4 Å². The summed E-state index contributed by atoms with van der Waals surface area (Å²) in [4.78, 5) is 10.5. The predicted molar refractivity (Wildman–Crippen MR) is 71.8 cm³/mol. The van der Waals surface area contributed by atoms with Crippen LogP contribution in [0.5, 0.6) is 0 Å². The topological polar surface area (TPSA) is 38.3 Å². The first-order chi connectivity index (χ1) is 8.70. The van der Waals surface area contributed by atoms with Crippen molar-refractivity contribution in [2.45, 2.75) is 19.8 Å². The van der Waals surface area contributed by atoms with E-state index in [1.807, 2.05) is 12.1 Å². The van der Waals surface area contributed by atoms with E-state index in [1.54, 1.807) is 6.07 Å². The maximum atomic E-state index is 13.3. The Balaban J connectivity index is 1.99. The minimum absolute atomic E-state index is 0.136. The smallest absolute Gasteiger partial charge is 0.314 e. The molecule has 0 unspecified atom stereocenters. The Morgan fingerprint density at radius 3 is 2.89 bits per heavy atom. The molecular formula is C13H18FNO2S. The summed E-state index contributed by atoms with van der Waals surface area (Å²) in [6.07, 6.45) is 1.62. The maximum absolute atomic E-state index is 13.3. The van der Waals surface area contributed by atoms with Crippen LogP contribution in [0.1, 0.15) is 18.9 Å². The molecule has 1 aromatic carbocycles. The number of halogens is 1.